The highest BCUT2D eigenvalue weighted by molar-refractivity contribution is 7.19. The van der Waals surface area contributed by atoms with E-state index < -0.39 is 0 Å². The molecule has 2 aromatic rings. The molecule has 0 bridgehead atoms. The van der Waals surface area contributed by atoms with Crippen LogP contribution in [0.2, 0.25) is 0 Å². The lowest BCUT2D eigenvalue weighted by Gasteiger charge is -2.39. The Morgan fingerprint density at radius 3 is 2.90 bits per heavy atom. The molecule has 4 heteroatoms. The highest BCUT2D eigenvalue weighted by Gasteiger charge is 2.24. The summed E-state index contributed by atoms with van der Waals surface area (Å²) in [5, 5.41) is 10.6. The molecule has 0 amide bonds. The van der Waals surface area contributed by atoms with Gasteiger partial charge in [0.2, 0.25) is 0 Å². The number of likely N-dealkylation sites (N-methyl/N-ethyl adjacent to an activating group) is 1. The summed E-state index contributed by atoms with van der Waals surface area (Å²) in [4.78, 5) is 6.36. The zero-order valence-corrected chi connectivity index (χ0v) is 13.7. The van der Waals surface area contributed by atoms with Crippen molar-refractivity contribution in [3.05, 3.63) is 34.7 Å². The Morgan fingerprint density at radius 1 is 1.29 bits per heavy atom. The minimum Gasteiger partial charge on any atom is -0.396 e. The van der Waals surface area contributed by atoms with Gasteiger partial charge in [-0.15, -0.1) is 11.3 Å². The summed E-state index contributed by atoms with van der Waals surface area (Å²) >= 11 is 1.90. The highest BCUT2D eigenvalue weighted by atomic mass is 32.1. The van der Waals surface area contributed by atoms with Crippen LogP contribution < -0.4 is 0 Å². The van der Waals surface area contributed by atoms with Gasteiger partial charge in [-0.25, -0.2) is 0 Å². The number of nitrogens with zero attached hydrogens (tertiary/aromatic N) is 2. The minimum atomic E-state index is 0.281. The minimum absolute atomic E-state index is 0.281. The van der Waals surface area contributed by atoms with Gasteiger partial charge in [-0.3, -0.25) is 4.90 Å². The Balaban J connectivity index is 1.77. The normalized spacial score (nSPS) is 21.2. The predicted molar refractivity (Wildman–Crippen MR) is 90.0 cm³/mol. The van der Waals surface area contributed by atoms with E-state index in [2.05, 4.69) is 48.0 Å². The van der Waals surface area contributed by atoms with Crippen molar-refractivity contribution < 1.29 is 5.11 Å². The van der Waals surface area contributed by atoms with E-state index in [1.54, 1.807) is 0 Å². The van der Waals surface area contributed by atoms with Crippen LogP contribution in [0.4, 0.5) is 0 Å². The van der Waals surface area contributed by atoms with Crippen molar-refractivity contribution in [3.8, 4) is 0 Å². The molecule has 0 aliphatic carbocycles. The van der Waals surface area contributed by atoms with E-state index in [1.165, 1.54) is 20.5 Å². The molecule has 2 heterocycles. The molecule has 0 radical (unpaired) electrons. The average molecular weight is 304 g/mol. The van der Waals surface area contributed by atoms with E-state index in [-0.39, 0.29) is 6.61 Å². The molecule has 1 aromatic carbocycles. The van der Waals surface area contributed by atoms with Gasteiger partial charge in [0, 0.05) is 48.4 Å². The summed E-state index contributed by atoms with van der Waals surface area (Å²) in [6.45, 7) is 6.81. The number of rotatable bonds is 4. The Morgan fingerprint density at radius 2 is 2.10 bits per heavy atom. The number of aliphatic hydroxyl groups excluding tert-OH is 1. The summed E-state index contributed by atoms with van der Waals surface area (Å²) in [7, 11) is 2.17. The molecule has 3 rings (SSSR count). The van der Waals surface area contributed by atoms with Crippen LogP contribution in [0.5, 0.6) is 0 Å². The maximum atomic E-state index is 9.22. The van der Waals surface area contributed by atoms with Crippen LogP contribution in [-0.4, -0.2) is 54.2 Å². The van der Waals surface area contributed by atoms with Crippen LogP contribution in [0.25, 0.3) is 10.1 Å². The van der Waals surface area contributed by atoms with E-state index >= 15 is 0 Å². The van der Waals surface area contributed by atoms with Gasteiger partial charge in [0.05, 0.1) is 0 Å². The topological polar surface area (TPSA) is 26.7 Å². The fourth-order valence-electron chi connectivity index (χ4n) is 3.26. The van der Waals surface area contributed by atoms with Gasteiger partial charge in [-0.1, -0.05) is 18.2 Å². The second-order valence-electron chi connectivity index (χ2n) is 6.01. The first kappa shape index (κ1) is 15.0. The summed E-state index contributed by atoms with van der Waals surface area (Å²) in [6, 6.07) is 9.20. The van der Waals surface area contributed by atoms with Crippen molar-refractivity contribution in [2.45, 2.75) is 25.9 Å². The molecule has 114 valence electrons. The molecule has 3 nitrogen and oxygen atoms in total. The number of benzene rings is 1. The Bertz CT molecular complexity index is 610. The van der Waals surface area contributed by atoms with Crippen LogP contribution in [0.1, 0.15) is 16.9 Å². The lowest BCUT2D eigenvalue weighted by atomic mass is 10.1. The molecular weight excluding hydrogens is 280 g/mol. The van der Waals surface area contributed by atoms with Crippen LogP contribution >= 0.6 is 11.3 Å². The van der Waals surface area contributed by atoms with Crippen molar-refractivity contribution >= 4 is 21.4 Å². The summed E-state index contributed by atoms with van der Waals surface area (Å²) in [5.41, 5.74) is 1.49. The third kappa shape index (κ3) is 3.14. The van der Waals surface area contributed by atoms with Crippen LogP contribution in [-0.2, 0) is 6.54 Å². The lowest BCUT2D eigenvalue weighted by molar-refractivity contribution is 0.0745. The molecule has 1 N–H and O–H groups in total. The quantitative estimate of drug-likeness (QED) is 0.941. The first-order valence-corrected chi connectivity index (χ1v) is 8.51. The number of hydrogen-bond donors (Lipinski definition) is 1. The molecule has 21 heavy (non-hydrogen) atoms. The van der Waals surface area contributed by atoms with Gasteiger partial charge in [0.1, 0.15) is 0 Å². The molecule has 1 aliphatic heterocycles. The van der Waals surface area contributed by atoms with Crippen molar-refractivity contribution in [2.75, 3.05) is 33.3 Å². The number of fused-ring (bicyclic) bond motifs is 1. The molecule has 0 unspecified atom stereocenters. The van der Waals surface area contributed by atoms with Gasteiger partial charge >= 0.3 is 0 Å². The molecule has 1 aliphatic rings. The van der Waals surface area contributed by atoms with E-state index in [9.17, 15) is 5.11 Å². The van der Waals surface area contributed by atoms with E-state index in [1.807, 2.05) is 11.3 Å². The largest absolute Gasteiger partial charge is 0.396 e. The third-order valence-electron chi connectivity index (χ3n) is 4.61. The number of aryl methyl sites for hydroxylation is 1. The molecule has 0 spiro atoms. The van der Waals surface area contributed by atoms with Gasteiger partial charge < -0.3 is 10.0 Å². The van der Waals surface area contributed by atoms with Gasteiger partial charge in [0.25, 0.3) is 0 Å². The molecule has 0 saturated carbocycles. The number of thiophene rings is 1. The Hall–Kier alpha value is -0.940. The van der Waals surface area contributed by atoms with Crippen molar-refractivity contribution in [1.82, 2.24) is 9.80 Å². The molecule has 1 fully saturated rings. The maximum Gasteiger partial charge on any atom is 0.0446 e. The fourth-order valence-corrected chi connectivity index (χ4v) is 4.33. The van der Waals surface area contributed by atoms with Crippen LogP contribution in [0, 0.1) is 6.92 Å². The average Bonchev–Trinajstić information content (AvgIpc) is 2.79. The van der Waals surface area contributed by atoms with Crippen LogP contribution in [0.3, 0.4) is 0 Å². The second-order valence-corrected chi connectivity index (χ2v) is 7.27. The monoisotopic (exact) mass is 304 g/mol. The van der Waals surface area contributed by atoms with Crippen molar-refractivity contribution in [1.29, 1.82) is 0 Å². The van der Waals surface area contributed by atoms with Crippen molar-refractivity contribution in [2.24, 2.45) is 0 Å². The first-order valence-electron chi connectivity index (χ1n) is 7.69. The number of piperazine rings is 1. The smallest absolute Gasteiger partial charge is 0.0446 e. The van der Waals surface area contributed by atoms with Crippen molar-refractivity contribution in [3.63, 3.8) is 0 Å². The lowest BCUT2D eigenvalue weighted by Crippen LogP contribution is -2.51. The zero-order valence-electron chi connectivity index (χ0n) is 12.9. The summed E-state index contributed by atoms with van der Waals surface area (Å²) < 4.78 is 1.39. The van der Waals surface area contributed by atoms with Gasteiger partial charge in [0.15, 0.2) is 0 Å². The first-order chi connectivity index (χ1) is 10.2. The van der Waals surface area contributed by atoms with E-state index in [0.29, 0.717) is 6.04 Å². The molecule has 1 aromatic heterocycles. The van der Waals surface area contributed by atoms with E-state index in [0.717, 1.165) is 32.6 Å². The SMILES string of the molecule is Cc1sc2ccccc2c1CN1CCN(C)[C@H](CCO)C1. The van der Waals surface area contributed by atoms with Crippen LogP contribution in [0.15, 0.2) is 24.3 Å². The Kier molecular flexibility index (Phi) is 4.60. The second kappa shape index (κ2) is 6.44. The van der Waals surface area contributed by atoms with Gasteiger partial charge in [-0.05, 0) is 37.4 Å². The predicted octanol–water partition coefficient (Wildman–Crippen LogP) is 2.71. The van der Waals surface area contributed by atoms with Gasteiger partial charge in [-0.2, -0.15) is 0 Å². The molecular formula is C17H24N2OS. The number of hydrogen-bond acceptors (Lipinski definition) is 4. The fraction of sp³-hybridized carbons (Fsp3) is 0.529. The van der Waals surface area contributed by atoms with E-state index in [4.69, 9.17) is 0 Å². The highest BCUT2D eigenvalue weighted by Crippen LogP contribution is 2.31. The molecule has 1 saturated heterocycles. The number of aliphatic hydroxyl groups is 1. The maximum absolute atomic E-state index is 9.22. The third-order valence-corrected chi connectivity index (χ3v) is 5.73. The Labute approximate surface area is 130 Å². The molecule has 1 atom stereocenters. The summed E-state index contributed by atoms with van der Waals surface area (Å²) in [6.07, 6.45) is 0.871. The standard InChI is InChI=1S/C17H24N2OS/c1-13-16(15-5-3-4-6-17(15)21-13)12-19-9-8-18(2)14(11-19)7-10-20/h3-6,14,20H,7-12H2,1-2H3/t14-/m1/s1. The zero-order chi connectivity index (χ0) is 14.8. The summed E-state index contributed by atoms with van der Waals surface area (Å²) in [5.74, 6) is 0.